The molecule has 46 heavy (non-hydrogen) atoms. The molecule has 9 nitrogen and oxygen atoms in total. The van der Waals surface area contributed by atoms with E-state index in [-0.39, 0.29) is 33.2 Å². The summed E-state index contributed by atoms with van der Waals surface area (Å²) >= 11 is 24.9. The van der Waals surface area contributed by atoms with E-state index in [4.69, 9.17) is 70.1 Å². The van der Waals surface area contributed by atoms with Crippen LogP contribution in [0.2, 0.25) is 20.1 Å². The van der Waals surface area contributed by atoms with Gasteiger partial charge < -0.3 is 23.7 Å². The van der Waals surface area contributed by atoms with Crippen LogP contribution in [0.25, 0.3) is 0 Å². The van der Waals surface area contributed by atoms with Gasteiger partial charge in [-0.15, -0.1) is 0 Å². The zero-order valence-corrected chi connectivity index (χ0v) is 28.1. The molecular formula is C33H32Cl4N2O7. The van der Waals surface area contributed by atoms with Gasteiger partial charge in [-0.3, -0.25) is 9.36 Å². The Morgan fingerprint density at radius 3 is 2.09 bits per heavy atom. The number of hydrogen-bond donors (Lipinski definition) is 0. The van der Waals surface area contributed by atoms with E-state index in [0.717, 1.165) is 15.7 Å². The number of nitrogens with zero attached hydrogens (tertiary/aromatic N) is 2. The minimum atomic E-state index is -0.962. The number of benzene rings is 3. The highest BCUT2D eigenvalue weighted by atomic mass is 35.5. The molecule has 0 bridgehead atoms. The number of aromatic nitrogens is 2. The molecule has 0 N–H and O–H groups in total. The minimum Gasteiger partial charge on any atom is -0.374 e. The number of rotatable bonds is 13. The van der Waals surface area contributed by atoms with E-state index in [1.54, 1.807) is 43.3 Å². The molecule has 2 heterocycles. The van der Waals surface area contributed by atoms with Crippen LogP contribution in [0.4, 0.5) is 0 Å². The lowest BCUT2D eigenvalue weighted by atomic mass is 10.1. The second-order valence-corrected chi connectivity index (χ2v) is 12.4. The molecule has 1 fully saturated rings. The Bertz CT molecular complexity index is 1770. The fourth-order valence-corrected chi connectivity index (χ4v) is 6.08. The Kier molecular flexibility index (Phi) is 12.0. The number of aryl methyl sites for hydroxylation is 1. The zero-order chi connectivity index (χ0) is 32.8. The Morgan fingerprint density at radius 2 is 1.46 bits per heavy atom. The monoisotopic (exact) mass is 708 g/mol. The van der Waals surface area contributed by atoms with E-state index >= 15 is 0 Å². The SMILES string of the molecule is CO[C@@H]1[C@H](OCc2ccc(Cl)cc2Cl)[C@@H](COCc2ccc(Cl)cc2Cl)O[C@H]1n1cc(C)c(=O)n(COCc2ccccc2)c1=O. The maximum atomic E-state index is 13.7. The first-order valence-corrected chi connectivity index (χ1v) is 15.9. The lowest BCUT2D eigenvalue weighted by molar-refractivity contribution is -0.0839. The second-order valence-electron chi connectivity index (χ2n) is 10.7. The summed E-state index contributed by atoms with van der Waals surface area (Å²) in [5, 5.41) is 1.92. The highest BCUT2D eigenvalue weighted by molar-refractivity contribution is 6.35. The smallest absolute Gasteiger partial charge is 0.335 e. The van der Waals surface area contributed by atoms with Gasteiger partial charge in [0, 0.05) is 39.0 Å². The van der Waals surface area contributed by atoms with Gasteiger partial charge in [0.15, 0.2) is 6.23 Å². The maximum Gasteiger partial charge on any atom is 0.335 e. The molecule has 1 aliphatic heterocycles. The van der Waals surface area contributed by atoms with Gasteiger partial charge in [0.1, 0.15) is 25.0 Å². The van der Waals surface area contributed by atoms with Crippen molar-refractivity contribution >= 4 is 46.4 Å². The van der Waals surface area contributed by atoms with Crippen LogP contribution < -0.4 is 11.2 Å². The summed E-state index contributed by atoms with van der Waals surface area (Å²) in [6.07, 6.45) is -1.67. The van der Waals surface area contributed by atoms with Crippen molar-refractivity contribution in [1.29, 1.82) is 0 Å². The van der Waals surface area contributed by atoms with Gasteiger partial charge in [-0.1, -0.05) is 88.9 Å². The molecule has 1 saturated heterocycles. The van der Waals surface area contributed by atoms with Gasteiger partial charge in [0.25, 0.3) is 5.56 Å². The standard InChI is InChI=1S/C33H32Cl4N2O7/c1-20-14-38(33(41)39(31(20)40)19-44-15-21-6-4-3-5-7-21)32-30(42-2)29(45-17-23-9-11-25(35)13-27(23)37)28(46-32)18-43-16-22-8-10-24(34)12-26(22)36/h3-14,28-30,32H,15-19H2,1-2H3/t28-,29-,30-,32-/m1/s1. The van der Waals surface area contributed by atoms with Gasteiger partial charge in [0.05, 0.1) is 26.4 Å². The van der Waals surface area contributed by atoms with Crippen molar-refractivity contribution in [2.45, 2.75) is 58.0 Å². The van der Waals surface area contributed by atoms with Gasteiger partial charge in [-0.2, -0.15) is 0 Å². The first kappa shape index (κ1) is 34.6. The van der Waals surface area contributed by atoms with Crippen LogP contribution in [0.3, 0.4) is 0 Å². The Hall–Kier alpha value is -2.70. The number of halogens is 4. The molecule has 0 spiro atoms. The lowest BCUT2D eigenvalue weighted by Gasteiger charge is -2.24. The molecule has 0 aliphatic carbocycles. The Labute approximate surface area is 286 Å². The first-order chi connectivity index (χ1) is 22.2. The quantitative estimate of drug-likeness (QED) is 0.151. The third-order valence-electron chi connectivity index (χ3n) is 7.53. The average Bonchev–Trinajstić information content (AvgIpc) is 3.38. The third-order valence-corrected chi connectivity index (χ3v) is 8.71. The third kappa shape index (κ3) is 8.23. The van der Waals surface area contributed by atoms with Crippen LogP contribution in [0.15, 0.2) is 82.5 Å². The average molecular weight is 710 g/mol. The fourth-order valence-electron chi connectivity index (χ4n) is 5.15. The normalized spacial score (nSPS) is 19.5. The van der Waals surface area contributed by atoms with Gasteiger partial charge >= 0.3 is 5.69 Å². The number of hydrogen-bond acceptors (Lipinski definition) is 7. The van der Waals surface area contributed by atoms with Crippen LogP contribution in [0.5, 0.6) is 0 Å². The largest absolute Gasteiger partial charge is 0.374 e. The summed E-state index contributed by atoms with van der Waals surface area (Å²) in [6.45, 7) is 1.95. The van der Waals surface area contributed by atoms with Gasteiger partial charge in [-0.25, -0.2) is 9.36 Å². The van der Waals surface area contributed by atoms with Crippen molar-refractivity contribution in [2.75, 3.05) is 13.7 Å². The van der Waals surface area contributed by atoms with Crippen LogP contribution in [-0.4, -0.2) is 41.2 Å². The summed E-state index contributed by atoms with van der Waals surface area (Å²) in [5.41, 5.74) is 1.59. The van der Waals surface area contributed by atoms with E-state index in [9.17, 15) is 9.59 Å². The number of methoxy groups -OCH3 is 1. The van der Waals surface area contributed by atoms with Gasteiger partial charge in [0.2, 0.25) is 0 Å². The van der Waals surface area contributed by atoms with Crippen molar-refractivity contribution in [2.24, 2.45) is 0 Å². The Balaban J connectivity index is 1.40. The van der Waals surface area contributed by atoms with Crippen molar-refractivity contribution < 1.29 is 23.7 Å². The molecule has 244 valence electrons. The van der Waals surface area contributed by atoms with E-state index in [0.29, 0.717) is 31.2 Å². The zero-order valence-electron chi connectivity index (χ0n) is 25.0. The summed E-state index contributed by atoms with van der Waals surface area (Å²) in [7, 11) is 1.50. The van der Waals surface area contributed by atoms with Crippen molar-refractivity contribution in [1.82, 2.24) is 9.13 Å². The van der Waals surface area contributed by atoms with Crippen molar-refractivity contribution in [3.8, 4) is 0 Å². The molecule has 0 amide bonds. The summed E-state index contributed by atoms with van der Waals surface area (Å²) in [6, 6.07) is 19.7. The van der Waals surface area contributed by atoms with Crippen LogP contribution in [0, 0.1) is 6.92 Å². The Morgan fingerprint density at radius 1 is 0.804 bits per heavy atom. The first-order valence-electron chi connectivity index (χ1n) is 14.4. The molecule has 0 radical (unpaired) electrons. The second kappa shape index (κ2) is 15.9. The van der Waals surface area contributed by atoms with E-state index in [1.807, 2.05) is 30.3 Å². The summed E-state index contributed by atoms with van der Waals surface area (Å²) in [5.74, 6) is 0. The van der Waals surface area contributed by atoms with Crippen LogP contribution in [-0.2, 0) is 50.2 Å². The molecular weight excluding hydrogens is 678 g/mol. The highest BCUT2D eigenvalue weighted by Gasteiger charge is 2.47. The predicted octanol–water partition coefficient (Wildman–Crippen LogP) is 6.82. The molecule has 5 rings (SSSR count). The molecule has 0 unspecified atom stereocenters. The van der Waals surface area contributed by atoms with E-state index < -0.39 is 35.8 Å². The molecule has 1 aromatic heterocycles. The van der Waals surface area contributed by atoms with Crippen molar-refractivity contribution in [3.63, 3.8) is 0 Å². The molecule has 0 saturated carbocycles. The summed E-state index contributed by atoms with van der Waals surface area (Å²) in [4.78, 5) is 26.8. The topological polar surface area (TPSA) is 90.2 Å². The minimum absolute atomic E-state index is 0.0713. The molecule has 1 aliphatic rings. The number of ether oxygens (including phenoxy) is 5. The summed E-state index contributed by atoms with van der Waals surface area (Å²) < 4.78 is 32.8. The maximum absolute atomic E-state index is 13.7. The van der Waals surface area contributed by atoms with E-state index in [2.05, 4.69) is 0 Å². The fraction of sp³-hybridized carbons (Fsp3) is 0.333. The molecule has 4 atom stereocenters. The lowest BCUT2D eigenvalue weighted by Crippen LogP contribution is -2.45. The van der Waals surface area contributed by atoms with Crippen molar-refractivity contribution in [3.05, 3.63) is 136 Å². The molecule has 13 heteroatoms. The van der Waals surface area contributed by atoms with Crippen LogP contribution >= 0.6 is 46.4 Å². The molecule has 3 aromatic carbocycles. The predicted molar refractivity (Wildman–Crippen MR) is 177 cm³/mol. The van der Waals surface area contributed by atoms with Crippen LogP contribution in [0.1, 0.15) is 28.5 Å². The van der Waals surface area contributed by atoms with E-state index in [1.165, 1.54) is 17.9 Å². The highest BCUT2D eigenvalue weighted by Crippen LogP contribution is 2.34. The van der Waals surface area contributed by atoms with Gasteiger partial charge in [-0.05, 0) is 47.9 Å². The molecule has 4 aromatic rings.